The number of fused-ring (bicyclic) bond motifs is 1. The molecule has 0 N–H and O–H groups in total. The SMILES string of the molecule is CCc1ccc(C(=O)c2ccc(C)c3ccccc23)s1. The van der Waals surface area contributed by atoms with E-state index in [1.165, 1.54) is 10.4 Å². The molecular formula is C18H16OS. The van der Waals surface area contributed by atoms with Crippen LogP contribution in [-0.2, 0) is 6.42 Å². The van der Waals surface area contributed by atoms with Crippen LogP contribution in [0.25, 0.3) is 10.8 Å². The molecule has 0 radical (unpaired) electrons. The molecule has 0 unspecified atom stereocenters. The lowest BCUT2D eigenvalue weighted by Gasteiger charge is -2.07. The van der Waals surface area contributed by atoms with Crippen molar-refractivity contribution in [1.29, 1.82) is 0 Å². The second-order valence-electron chi connectivity index (χ2n) is 4.92. The maximum Gasteiger partial charge on any atom is 0.203 e. The number of thiophene rings is 1. The van der Waals surface area contributed by atoms with Crippen molar-refractivity contribution < 1.29 is 4.79 Å². The zero-order chi connectivity index (χ0) is 14.1. The number of aryl methyl sites for hydroxylation is 2. The highest BCUT2D eigenvalue weighted by atomic mass is 32.1. The van der Waals surface area contributed by atoms with Gasteiger partial charge < -0.3 is 0 Å². The lowest BCUT2D eigenvalue weighted by atomic mass is 9.97. The molecular weight excluding hydrogens is 264 g/mol. The first-order valence-corrected chi connectivity index (χ1v) is 7.64. The van der Waals surface area contributed by atoms with Crippen molar-refractivity contribution in [3.8, 4) is 0 Å². The fraction of sp³-hybridized carbons (Fsp3) is 0.167. The predicted molar refractivity (Wildman–Crippen MR) is 85.8 cm³/mol. The van der Waals surface area contributed by atoms with Crippen LogP contribution in [0.4, 0.5) is 0 Å². The standard InChI is InChI=1S/C18H16OS/c1-3-13-9-11-17(20-13)18(19)16-10-8-12(2)14-6-4-5-7-15(14)16/h4-11H,3H2,1-2H3. The van der Waals surface area contributed by atoms with Crippen LogP contribution in [-0.4, -0.2) is 5.78 Å². The second-order valence-corrected chi connectivity index (χ2v) is 6.09. The molecule has 0 amide bonds. The van der Waals surface area contributed by atoms with Crippen LogP contribution >= 0.6 is 11.3 Å². The molecule has 20 heavy (non-hydrogen) atoms. The van der Waals surface area contributed by atoms with Crippen molar-refractivity contribution in [2.24, 2.45) is 0 Å². The number of carbonyl (C=O) groups excluding carboxylic acids is 1. The van der Waals surface area contributed by atoms with Gasteiger partial charge >= 0.3 is 0 Å². The molecule has 0 spiro atoms. The monoisotopic (exact) mass is 280 g/mol. The van der Waals surface area contributed by atoms with Crippen LogP contribution in [0.5, 0.6) is 0 Å². The van der Waals surface area contributed by atoms with Gasteiger partial charge in [0, 0.05) is 10.4 Å². The van der Waals surface area contributed by atoms with E-state index < -0.39 is 0 Å². The van der Waals surface area contributed by atoms with Gasteiger partial charge in [-0.05, 0) is 41.8 Å². The van der Waals surface area contributed by atoms with Crippen molar-refractivity contribution in [2.75, 3.05) is 0 Å². The molecule has 3 aromatic rings. The molecule has 0 aliphatic rings. The largest absolute Gasteiger partial charge is 0.288 e. The lowest BCUT2D eigenvalue weighted by Crippen LogP contribution is -2.00. The highest BCUT2D eigenvalue weighted by Crippen LogP contribution is 2.27. The number of ketones is 1. The van der Waals surface area contributed by atoms with Gasteiger partial charge in [0.15, 0.2) is 0 Å². The topological polar surface area (TPSA) is 17.1 Å². The van der Waals surface area contributed by atoms with Crippen LogP contribution in [0.1, 0.15) is 32.6 Å². The molecule has 2 heteroatoms. The average molecular weight is 280 g/mol. The van der Waals surface area contributed by atoms with Gasteiger partial charge in [-0.25, -0.2) is 0 Å². The van der Waals surface area contributed by atoms with Crippen molar-refractivity contribution in [1.82, 2.24) is 0 Å². The van der Waals surface area contributed by atoms with Gasteiger partial charge in [0.2, 0.25) is 5.78 Å². The average Bonchev–Trinajstić information content (AvgIpc) is 2.96. The van der Waals surface area contributed by atoms with Crippen LogP contribution in [0.3, 0.4) is 0 Å². The van der Waals surface area contributed by atoms with Gasteiger partial charge in [0.1, 0.15) is 0 Å². The Morgan fingerprint density at radius 2 is 1.75 bits per heavy atom. The minimum absolute atomic E-state index is 0.130. The molecule has 3 rings (SSSR count). The summed E-state index contributed by atoms with van der Waals surface area (Å²) >= 11 is 1.60. The summed E-state index contributed by atoms with van der Waals surface area (Å²) in [4.78, 5) is 14.8. The van der Waals surface area contributed by atoms with E-state index in [9.17, 15) is 4.79 Å². The maximum absolute atomic E-state index is 12.7. The molecule has 1 aromatic heterocycles. The summed E-state index contributed by atoms with van der Waals surface area (Å²) in [5.41, 5.74) is 2.01. The number of rotatable bonds is 3. The summed E-state index contributed by atoms with van der Waals surface area (Å²) in [5.74, 6) is 0.130. The molecule has 0 saturated heterocycles. The van der Waals surface area contributed by atoms with E-state index >= 15 is 0 Å². The van der Waals surface area contributed by atoms with Crippen molar-refractivity contribution in [3.05, 3.63) is 69.4 Å². The lowest BCUT2D eigenvalue weighted by molar-refractivity contribution is 0.104. The summed E-state index contributed by atoms with van der Waals surface area (Å²) in [6, 6.07) is 16.1. The Hall–Kier alpha value is -1.93. The highest BCUT2D eigenvalue weighted by molar-refractivity contribution is 7.14. The molecule has 0 aliphatic carbocycles. The normalized spacial score (nSPS) is 10.9. The van der Waals surface area contributed by atoms with Crippen molar-refractivity contribution in [3.63, 3.8) is 0 Å². The minimum atomic E-state index is 0.130. The summed E-state index contributed by atoms with van der Waals surface area (Å²) in [7, 11) is 0. The van der Waals surface area contributed by atoms with Crippen molar-refractivity contribution >= 4 is 27.9 Å². The number of carbonyl (C=O) groups is 1. The van der Waals surface area contributed by atoms with Crippen LogP contribution in [0, 0.1) is 6.92 Å². The molecule has 0 aliphatic heterocycles. The molecule has 2 aromatic carbocycles. The van der Waals surface area contributed by atoms with Gasteiger partial charge in [-0.2, -0.15) is 0 Å². The summed E-state index contributed by atoms with van der Waals surface area (Å²) in [6.07, 6.45) is 0.979. The number of benzene rings is 2. The van der Waals surface area contributed by atoms with Crippen LogP contribution < -0.4 is 0 Å². The highest BCUT2D eigenvalue weighted by Gasteiger charge is 2.15. The number of hydrogen-bond donors (Lipinski definition) is 0. The molecule has 0 atom stereocenters. The Morgan fingerprint density at radius 3 is 2.45 bits per heavy atom. The van der Waals surface area contributed by atoms with Gasteiger partial charge in [-0.3, -0.25) is 4.79 Å². The Bertz CT molecular complexity index is 783. The van der Waals surface area contributed by atoms with Gasteiger partial charge in [0.25, 0.3) is 0 Å². The molecule has 0 fully saturated rings. The third-order valence-corrected chi connectivity index (χ3v) is 4.85. The molecule has 0 saturated carbocycles. The van der Waals surface area contributed by atoms with Crippen LogP contribution in [0.2, 0.25) is 0 Å². The third kappa shape index (κ3) is 2.16. The Kier molecular flexibility index (Phi) is 3.41. The number of hydrogen-bond acceptors (Lipinski definition) is 2. The third-order valence-electron chi connectivity index (χ3n) is 3.62. The first-order valence-electron chi connectivity index (χ1n) is 6.82. The summed E-state index contributed by atoms with van der Waals surface area (Å²) < 4.78 is 0. The minimum Gasteiger partial charge on any atom is -0.288 e. The quantitative estimate of drug-likeness (QED) is 0.617. The maximum atomic E-state index is 12.7. The van der Waals surface area contributed by atoms with E-state index in [-0.39, 0.29) is 5.78 Å². The van der Waals surface area contributed by atoms with E-state index in [2.05, 4.69) is 19.9 Å². The van der Waals surface area contributed by atoms with Crippen molar-refractivity contribution in [2.45, 2.75) is 20.3 Å². The smallest absolute Gasteiger partial charge is 0.203 e. The van der Waals surface area contributed by atoms with Gasteiger partial charge in [0.05, 0.1) is 4.88 Å². The first-order chi connectivity index (χ1) is 9.70. The molecule has 1 heterocycles. The Morgan fingerprint density at radius 1 is 1.00 bits per heavy atom. The Balaban J connectivity index is 2.14. The summed E-state index contributed by atoms with van der Waals surface area (Å²) in [6.45, 7) is 4.19. The first kappa shape index (κ1) is 13.1. The van der Waals surface area contributed by atoms with E-state index in [0.29, 0.717) is 0 Å². The summed E-state index contributed by atoms with van der Waals surface area (Å²) in [5, 5.41) is 2.20. The van der Waals surface area contributed by atoms with Crippen LogP contribution in [0.15, 0.2) is 48.5 Å². The van der Waals surface area contributed by atoms with Gasteiger partial charge in [-0.15, -0.1) is 11.3 Å². The molecule has 0 bridgehead atoms. The second kappa shape index (κ2) is 5.22. The fourth-order valence-corrected chi connectivity index (χ4v) is 3.37. The Labute approximate surface area is 122 Å². The molecule has 1 nitrogen and oxygen atoms in total. The van der Waals surface area contributed by atoms with E-state index in [1.54, 1.807) is 11.3 Å². The van der Waals surface area contributed by atoms with E-state index in [4.69, 9.17) is 0 Å². The van der Waals surface area contributed by atoms with E-state index in [1.807, 2.05) is 42.5 Å². The predicted octanol–water partition coefficient (Wildman–Crippen LogP) is 5.00. The van der Waals surface area contributed by atoms with Gasteiger partial charge in [-0.1, -0.05) is 43.3 Å². The zero-order valence-electron chi connectivity index (χ0n) is 11.6. The fourth-order valence-electron chi connectivity index (χ4n) is 2.47. The van der Waals surface area contributed by atoms with E-state index in [0.717, 1.165) is 27.6 Å². The molecule has 100 valence electrons. The zero-order valence-corrected chi connectivity index (χ0v) is 12.5.